The number of methoxy groups -OCH3 is 3. The molecule has 1 aromatic carbocycles. The lowest BCUT2D eigenvalue weighted by Crippen LogP contribution is -2.68. The molecule has 3 fully saturated rings. The average molecular weight is 507 g/mol. The number of carbonyl (C=O) groups is 2. The molecular formula is C27H42N2O7. The number of hydrogen-bond acceptors (Lipinski definition) is 7. The summed E-state index contributed by atoms with van der Waals surface area (Å²) in [6, 6.07) is 3.70. The Morgan fingerprint density at radius 1 is 1.00 bits per heavy atom. The summed E-state index contributed by atoms with van der Waals surface area (Å²) < 4.78 is 28.5. The van der Waals surface area contributed by atoms with Crippen molar-refractivity contribution in [3.8, 4) is 17.2 Å². The molecule has 1 saturated carbocycles. The van der Waals surface area contributed by atoms with Gasteiger partial charge in [0.2, 0.25) is 11.7 Å². The number of ether oxygens (including phenoxy) is 5. The van der Waals surface area contributed by atoms with Crippen LogP contribution in [0.3, 0.4) is 0 Å². The van der Waals surface area contributed by atoms with E-state index < -0.39 is 28.3 Å². The summed E-state index contributed by atoms with van der Waals surface area (Å²) in [5.74, 6) is 1.65. The van der Waals surface area contributed by atoms with Crippen LogP contribution in [0.2, 0.25) is 0 Å². The van der Waals surface area contributed by atoms with E-state index in [-0.39, 0.29) is 5.91 Å². The largest absolute Gasteiger partial charge is 0.493 e. The Morgan fingerprint density at radius 2 is 1.61 bits per heavy atom. The predicted octanol–water partition coefficient (Wildman–Crippen LogP) is 4.30. The van der Waals surface area contributed by atoms with E-state index in [1.807, 2.05) is 53.8 Å². The normalized spacial score (nSPS) is 24.6. The van der Waals surface area contributed by atoms with Crippen LogP contribution in [-0.2, 0) is 20.8 Å². The number of alkyl carbamates (subject to hydrolysis) is 1. The molecule has 0 aromatic heterocycles. The second-order valence-corrected chi connectivity index (χ2v) is 11.4. The van der Waals surface area contributed by atoms with E-state index in [1.54, 1.807) is 26.2 Å². The molecule has 0 atom stereocenters. The van der Waals surface area contributed by atoms with E-state index in [0.717, 1.165) is 5.56 Å². The fourth-order valence-electron chi connectivity index (χ4n) is 5.69. The second kappa shape index (κ2) is 10.00. The van der Waals surface area contributed by atoms with E-state index in [1.165, 1.54) is 0 Å². The molecule has 2 heterocycles. The maximum absolute atomic E-state index is 14.0. The van der Waals surface area contributed by atoms with Gasteiger partial charge < -0.3 is 33.9 Å². The Hall–Kier alpha value is -2.68. The van der Waals surface area contributed by atoms with Gasteiger partial charge in [-0.25, -0.2) is 4.79 Å². The number of rotatable bonds is 8. The standard InChI is InChI=1S/C27H42N2O7/c1-24(2,3)35-23(31)28-17-26-12-14-27(15-13-26,25(4,5)36-26)22(30)29(6)16-18-10-11-19(32-7)21(34-9)20(18)33-8/h10-11H,12-17H2,1-9H3,(H,28,31). The van der Waals surface area contributed by atoms with Gasteiger partial charge in [0.05, 0.1) is 37.9 Å². The number of hydrogen-bond donors (Lipinski definition) is 1. The van der Waals surface area contributed by atoms with Crippen LogP contribution in [0, 0.1) is 5.41 Å². The lowest BCUT2D eigenvalue weighted by atomic mass is 9.57. The van der Waals surface area contributed by atoms with Crippen molar-refractivity contribution in [2.75, 3.05) is 34.9 Å². The summed E-state index contributed by atoms with van der Waals surface area (Å²) in [6.45, 7) is 10.2. The Bertz CT molecular complexity index is 975. The number of nitrogens with one attached hydrogen (secondary N) is 1. The smallest absolute Gasteiger partial charge is 0.407 e. The lowest BCUT2D eigenvalue weighted by Gasteiger charge is -2.61. The molecule has 1 N–H and O–H groups in total. The van der Waals surface area contributed by atoms with E-state index in [4.69, 9.17) is 23.7 Å². The van der Waals surface area contributed by atoms with Crippen molar-refractivity contribution in [2.45, 2.75) is 83.6 Å². The number of carbonyl (C=O) groups excluding carboxylic acids is 2. The molecule has 0 unspecified atom stereocenters. The molecule has 3 aliphatic rings. The molecule has 2 aliphatic heterocycles. The van der Waals surface area contributed by atoms with Crippen molar-refractivity contribution in [3.05, 3.63) is 17.7 Å². The summed E-state index contributed by atoms with van der Waals surface area (Å²) in [4.78, 5) is 27.9. The highest BCUT2D eigenvalue weighted by Gasteiger charge is 2.63. The molecule has 0 radical (unpaired) electrons. The predicted molar refractivity (Wildman–Crippen MR) is 136 cm³/mol. The third kappa shape index (κ3) is 5.21. The Labute approximate surface area is 214 Å². The SMILES string of the molecule is COc1ccc(CN(C)C(=O)C23CCC(CNC(=O)OC(C)(C)C)(CC2)OC3(C)C)c(OC)c1OC. The lowest BCUT2D eigenvalue weighted by molar-refractivity contribution is -0.271. The van der Waals surface area contributed by atoms with Gasteiger partial charge in [-0.3, -0.25) is 4.79 Å². The van der Waals surface area contributed by atoms with Crippen molar-refractivity contribution < 1.29 is 33.3 Å². The number of fused-ring (bicyclic) bond motifs is 3. The Balaban J connectivity index is 1.75. The molecular weight excluding hydrogens is 464 g/mol. The first-order valence-electron chi connectivity index (χ1n) is 12.4. The van der Waals surface area contributed by atoms with Crippen molar-refractivity contribution in [2.24, 2.45) is 5.41 Å². The highest BCUT2D eigenvalue weighted by molar-refractivity contribution is 5.84. The van der Waals surface area contributed by atoms with Crippen molar-refractivity contribution in [3.63, 3.8) is 0 Å². The van der Waals surface area contributed by atoms with Crippen molar-refractivity contribution >= 4 is 12.0 Å². The fraction of sp³-hybridized carbons (Fsp3) is 0.704. The summed E-state index contributed by atoms with van der Waals surface area (Å²) in [5.41, 5.74) is -1.61. The van der Waals surface area contributed by atoms with Gasteiger partial charge in [0.25, 0.3) is 0 Å². The van der Waals surface area contributed by atoms with E-state index in [9.17, 15) is 9.59 Å². The first kappa shape index (κ1) is 27.9. The van der Waals surface area contributed by atoms with Crippen LogP contribution in [-0.4, -0.2) is 68.6 Å². The molecule has 2 amide bonds. The molecule has 2 saturated heterocycles. The fourth-order valence-corrected chi connectivity index (χ4v) is 5.69. The first-order valence-corrected chi connectivity index (χ1v) is 12.4. The van der Waals surface area contributed by atoms with Crippen LogP contribution >= 0.6 is 0 Å². The second-order valence-electron chi connectivity index (χ2n) is 11.4. The third-order valence-corrected chi connectivity index (χ3v) is 7.54. The molecule has 36 heavy (non-hydrogen) atoms. The minimum absolute atomic E-state index is 0.0396. The highest BCUT2D eigenvalue weighted by Crippen LogP contribution is 2.58. The number of nitrogens with zero attached hydrogens (tertiary/aromatic N) is 1. The zero-order chi connectivity index (χ0) is 26.9. The van der Waals surface area contributed by atoms with Crippen molar-refractivity contribution in [1.82, 2.24) is 10.2 Å². The van der Waals surface area contributed by atoms with Crippen LogP contribution < -0.4 is 19.5 Å². The molecule has 1 aromatic rings. The molecule has 9 heteroatoms. The maximum Gasteiger partial charge on any atom is 0.407 e. The summed E-state index contributed by atoms with van der Waals surface area (Å²) in [5, 5.41) is 2.88. The minimum Gasteiger partial charge on any atom is -0.493 e. The van der Waals surface area contributed by atoms with Crippen LogP contribution in [0.4, 0.5) is 4.79 Å². The van der Waals surface area contributed by atoms with Crippen LogP contribution in [0.1, 0.15) is 65.9 Å². The van der Waals surface area contributed by atoms with Gasteiger partial charge in [-0.05, 0) is 72.4 Å². The zero-order valence-electron chi connectivity index (χ0n) is 23.2. The number of benzene rings is 1. The van der Waals surface area contributed by atoms with Gasteiger partial charge in [0.15, 0.2) is 11.5 Å². The zero-order valence-corrected chi connectivity index (χ0v) is 23.2. The van der Waals surface area contributed by atoms with Crippen LogP contribution in [0.5, 0.6) is 17.2 Å². The van der Waals surface area contributed by atoms with E-state index in [2.05, 4.69) is 5.32 Å². The summed E-state index contributed by atoms with van der Waals surface area (Å²) in [6.07, 6.45) is 2.28. The first-order chi connectivity index (χ1) is 16.7. The third-order valence-electron chi connectivity index (χ3n) is 7.54. The molecule has 2 bridgehead atoms. The van der Waals surface area contributed by atoms with Gasteiger partial charge in [-0.15, -0.1) is 0 Å². The average Bonchev–Trinajstić information content (AvgIpc) is 2.80. The van der Waals surface area contributed by atoms with Gasteiger partial charge in [-0.2, -0.15) is 0 Å². The molecule has 9 nitrogen and oxygen atoms in total. The molecule has 4 rings (SSSR count). The minimum atomic E-state index is -0.702. The molecule has 202 valence electrons. The summed E-state index contributed by atoms with van der Waals surface area (Å²) >= 11 is 0. The molecule has 0 spiro atoms. The quantitative estimate of drug-likeness (QED) is 0.562. The van der Waals surface area contributed by atoms with Crippen LogP contribution in [0.25, 0.3) is 0 Å². The summed E-state index contributed by atoms with van der Waals surface area (Å²) in [7, 11) is 6.52. The van der Waals surface area contributed by atoms with E-state index in [0.29, 0.717) is 56.0 Å². The Kier molecular flexibility index (Phi) is 7.75. The molecule has 1 aliphatic carbocycles. The number of amides is 2. The van der Waals surface area contributed by atoms with Gasteiger partial charge >= 0.3 is 6.09 Å². The maximum atomic E-state index is 14.0. The van der Waals surface area contributed by atoms with Gasteiger partial charge in [0, 0.05) is 25.7 Å². The highest BCUT2D eigenvalue weighted by atomic mass is 16.6. The van der Waals surface area contributed by atoms with Crippen LogP contribution in [0.15, 0.2) is 12.1 Å². The van der Waals surface area contributed by atoms with Gasteiger partial charge in [0.1, 0.15) is 5.60 Å². The Morgan fingerprint density at radius 3 is 2.11 bits per heavy atom. The van der Waals surface area contributed by atoms with Gasteiger partial charge in [-0.1, -0.05) is 0 Å². The monoisotopic (exact) mass is 506 g/mol. The topological polar surface area (TPSA) is 95.6 Å². The van der Waals surface area contributed by atoms with E-state index >= 15 is 0 Å². The van der Waals surface area contributed by atoms with Crippen molar-refractivity contribution in [1.29, 1.82) is 0 Å².